The Kier molecular flexibility index (Phi) is 4.88. The zero-order chi connectivity index (χ0) is 23.6. The Labute approximate surface area is 198 Å². The molecule has 0 aliphatic heterocycles. The van der Waals surface area contributed by atoms with Gasteiger partial charge in [-0.05, 0) is 76.9 Å². The molecule has 1 atom stereocenters. The molecule has 2 aliphatic carbocycles. The van der Waals surface area contributed by atoms with Crippen molar-refractivity contribution in [3.8, 4) is 5.82 Å². The molecule has 0 amide bonds. The molecule has 4 aromatic rings. The van der Waals surface area contributed by atoms with Crippen LogP contribution < -0.4 is 10.9 Å². The second-order valence-corrected chi connectivity index (χ2v) is 10.2. The Bertz CT molecular complexity index is 1440. The van der Waals surface area contributed by atoms with Crippen molar-refractivity contribution < 1.29 is 0 Å². The number of rotatable bonds is 6. The fourth-order valence-electron chi connectivity index (χ4n) is 5.05. The number of likely N-dealkylation sites (N-methyl/N-ethyl adjacent to an activating group) is 1. The summed E-state index contributed by atoms with van der Waals surface area (Å²) in [5.41, 5.74) is 4.59. The summed E-state index contributed by atoms with van der Waals surface area (Å²) in [6.07, 6.45) is 8.18. The molecule has 1 N–H and O–H groups in total. The summed E-state index contributed by atoms with van der Waals surface area (Å²) in [5.74, 6) is 1.47. The summed E-state index contributed by atoms with van der Waals surface area (Å²) in [6.45, 7) is 4.04. The molecule has 1 unspecified atom stereocenters. The highest BCUT2D eigenvalue weighted by atomic mass is 16.1. The quantitative estimate of drug-likeness (QED) is 0.473. The lowest BCUT2D eigenvalue weighted by atomic mass is 10.1. The number of nitrogens with zero attached hydrogens (tertiary/aromatic N) is 6. The van der Waals surface area contributed by atoms with E-state index in [0.717, 1.165) is 29.9 Å². The van der Waals surface area contributed by atoms with E-state index in [2.05, 4.69) is 47.5 Å². The van der Waals surface area contributed by atoms with Crippen molar-refractivity contribution in [1.29, 1.82) is 0 Å². The molecular formula is C26H31N7O. The van der Waals surface area contributed by atoms with Crippen LogP contribution in [-0.4, -0.2) is 49.2 Å². The second-order valence-electron chi connectivity index (χ2n) is 10.2. The fraction of sp³-hybridized carbons (Fsp3) is 0.423. The third-order valence-electron chi connectivity index (χ3n) is 7.11. The molecule has 1 saturated carbocycles. The van der Waals surface area contributed by atoms with Gasteiger partial charge in [-0.1, -0.05) is 6.07 Å². The number of pyridine rings is 1. The molecule has 8 heteroatoms. The first-order valence-corrected chi connectivity index (χ1v) is 12.1. The summed E-state index contributed by atoms with van der Waals surface area (Å²) in [5, 5.41) is 8.86. The van der Waals surface area contributed by atoms with Crippen molar-refractivity contribution in [2.75, 3.05) is 19.4 Å². The van der Waals surface area contributed by atoms with Gasteiger partial charge in [0.05, 0.1) is 16.9 Å². The topological polar surface area (TPSA) is 72.9 Å². The Hall–Kier alpha value is -3.39. The lowest BCUT2D eigenvalue weighted by Crippen LogP contribution is -2.27. The van der Waals surface area contributed by atoms with Gasteiger partial charge < -0.3 is 10.2 Å². The minimum atomic E-state index is -0.0442. The Balaban J connectivity index is 1.39. The van der Waals surface area contributed by atoms with Crippen LogP contribution >= 0.6 is 0 Å². The van der Waals surface area contributed by atoms with Crippen molar-refractivity contribution in [2.45, 2.75) is 57.7 Å². The monoisotopic (exact) mass is 457 g/mol. The van der Waals surface area contributed by atoms with Crippen LogP contribution in [0.3, 0.4) is 0 Å². The molecule has 6 rings (SSSR count). The van der Waals surface area contributed by atoms with Gasteiger partial charge in [-0.2, -0.15) is 5.10 Å². The third kappa shape index (κ3) is 3.53. The Morgan fingerprint density at radius 1 is 1.09 bits per heavy atom. The predicted molar refractivity (Wildman–Crippen MR) is 134 cm³/mol. The van der Waals surface area contributed by atoms with Crippen molar-refractivity contribution in [3.63, 3.8) is 0 Å². The van der Waals surface area contributed by atoms with Gasteiger partial charge in [0, 0.05) is 42.3 Å². The van der Waals surface area contributed by atoms with Gasteiger partial charge in [0.25, 0.3) is 5.56 Å². The maximum Gasteiger partial charge on any atom is 0.276 e. The maximum atomic E-state index is 13.2. The van der Waals surface area contributed by atoms with Gasteiger partial charge in [0.15, 0.2) is 5.82 Å². The highest BCUT2D eigenvalue weighted by Crippen LogP contribution is 2.34. The molecule has 2 aliphatic rings. The summed E-state index contributed by atoms with van der Waals surface area (Å²) >= 11 is 0. The van der Waals surface area contributed by atoms with E-state index in [-0.39, 0.29) is 11.6 Å². The molecule has 34 heavy (non-hydrogen) atoms. The second kappa shape index (κ2) is 7.84. The van der Waals surface area contributed by atoms with Gasteiger partial charge in [-0.3, -0.25) is 9.48 Å². The van der Waals surface area contributed by atoms with E-state index in [0.29, 0.717) is 23.3 Å². The lowest BCUT2D eigenvalue weighted by Gasteiger charge is -2.17. The van der Waals surface area contributed by atoms with Crippen LogP contribution in [0, 0.1) is 0 Å². The van der Waals surface area contributed by atoms with E-state index >= 15 is 0 Å². The van der Waals surface area contributed by atoms with Crippen LogP contribution in [-0.2, 0) is 12.8 Å². The average molecular weight is 458 g/mol. The predicted octanol–water partition coefficient (Wildman–Crippen LogP) is 4.07. The Morgan fingerprint density at radius 2 is 1.88 bits per heavy atom. The number of aromatic nitrogens is 5. The van der Waals surface area contributed by atoms with Crippen LogP contribution in [0.25, 0.3) is 16.7 Å². The minimum absolute atomic E-state index is 0.0104. The fourth-order valence-corrected chi connectivity index (χ4v) is 5.05. The molecule has 176 valence electrons. The van der Waals surface area contributed by atoms with Gasteiger partial charge in [0.1, 0.15) is 5.82 Å². The first-order valence-electron chi connectivity index (χ1n) is 12.1. The van der Waals surface area contributed by atoms with Gasteiger partial charge >= 0.3 is 0 Å². The highest BCUT2D eigenvalue weighted by molar-refractivity contribution is 5.82. The molecule has 1 fully saturated rings. The van der Waals surface area contributed by atoms with Gasteiger partial charge in [-0.15, -0.1) is 0 Å². The molecule has 0 radical (unpaired) electrons. The SMILES string of the molecule is CC(C)n1c(=O)c2cnc(Nc3ccc4c(c3)CC(N(C)C)C4)cc2n1-c1ccn(C2CC2)n1. The van der Waals surface area contributed by atoms with Crippen LogP contribution in [0.5, 0.6) is 0 Å². The van der Waals surface area contributed by atoms with Crippen LogP contribution in [0.2, 0.25) is 0 Å². The highest BCUT2D eigenvalue weighted by Gasteiger charge is 2.26. The number of fused-ring (bicyclic) bond motifs is 2. The van der Waals surface area contributed by atoms with Crippen LogP contribution in [0.4, 0.5) is 11.5 Å². The molecule has 0 spiro atoms. The number of nitrogens with one attached hydrogen (secondary N) is 1. The summed E-state index contributed by atoms with van der Waals surface area (Å²) in [4.78, 5) is 20.1. The summed E-state index contributed by atoms with van der Waals surface area (Å²) in [6, 6.07) is 11.5. The van der Waals surface area contributed by atoms with E-state index in [1.807, 2.05) is 41.5 Å². The van der Waals surface area contributed by atoms with E-state index in [1.54, 1.807) is 10.9 Å². The van der Waals surface area contributed by atoms with E-state index < -0.39 is 0 Å². The van der Waals surface area contributed by atoms with Crippen molar-refractivity contribution in [2.24, 2.45) is 0 Å². The molecule has 3 heterocycles. The molecule has 8 nitrogen and oxygen atoms in total. The molecular weight excluding hydrogens is 426 g/mol. The third-order valence-corrected chi connectivity index (χ3v) is 7.11. The Morgan fingerprint density at radius 3 is 2.62 bits per heavy atom. The molecule has 3 aromatic heterocycles. The summed E-state index contributed by atoms with van der Waals surface area (Å²) < 4.78 is 5.73. The number of anilines is 2. The first-order chi connectivity index (χ1) is 16.4. The minimum Gasteiger partial charge on any atom is -0.340 e. The number of benzene rings is 1. The van der Waals surface area contributed by atoms with Crippen LogP contribution in [0.1, 0.15) is 49.9 Å². The van der Waals surface area contributed by atoms with Crippen LogP contribution in [0.15, 0.2) is 47.5 Å². The smallest absolute Gasteiger partial charge is 0.276 e. The van der Waals surface area contributed by atoms with Crippen molar-refractivity contribution in [3.05, 3.63) is 64.2 Å². The summed E-state index contributed by atoms with van der Waals surface area (Å²) in [7, 11) is 4.29. The zero-order valence-corrected chi connectivity index (χ0v) is 20.2. The standard InChI is InChI=1S/C26H31N7O/c1-16(2)32-26(34)22-15-27-24(14-23(22)33(32)25-9-10-31(29-25)20-7-8-20)28-19-6-5-17-12-21(30(3)4)13-18(17)11-19/h5-6,9-11,14-16,20-21H,7-8,12-13H2,1-4H3,(H,27,28). The lowest BCUT2D eigenvalue weighted by molar-refractivity contribution is 0.303. The maximum absolute atomic E-state index is 13.2. The van der Waals surface area contributed by atoms with Crippen molar-refractivity contribution >= 4 is 22.4 Å². The van der Waals surface area contributed by atoms with E-state index in [1.165, 1.54) is 24.0 Å². The van der Waals surface area contributed by atoms with E-state index in [9.17, 15) is 4.79 Å². The first kappa shape index (κ1) is 21.2. The molecule has 1 aromatic carbocycles. The van der Waals surface area contributed by atoms with Gasteiger partial charge in [-0.25, -0.2) is 14.3 Å². The zero-order valence-electron chi connectivity index (χ0n) is 20.2. The van der Waals surface area contributed by atoms with E-state index in [4.69, 9.17) is 5.10 Å². The van der Waals surface area contributed by atoms with Gasteiger partial charge in [0.2, 0.25) is 0 Å². The number of hydrogen-bond donors (Lipinski definition) is 1. The largest absolute Gasteiger partial charge is 0.340 e. The normalized spacial score (nSPS) is 17.8. The average Bonchev–Trinajstić information content (AvgIpc) is 3.26. The molecule has 0 bridgehead atoms. The molecule has 0 saturated heterocycles. The van der Waals surface area contributed by atoms with Crippen molar-refractivity contribution in [1.82, 2.24) is 29.0 Å². The number of hydrogen-bond acceptors (Lipinski definition) is 5.